The van der Waals surface area contributed by atoms with Gasteiger partial charge in [-0.15, -0.1) is 11.3 Å². The van der Waals surface area contributed by atoms with Gasteiger partial charge in [-0.2, -0.15) is 0 Å². The number of hydrogen-bond acceptors (Lipinski definition) is 3. The molecule has 0 saturated heterocycles. The van der Waals surface area contributed by atoms with Crippen LogP contribution in [0.15, 0.2) is 30.3 Å². The molecule has 2 aromatic rings. The second-order valence-electron chi connectivity index (χ2n) is 4.26. The smallest absolute Gasteiger partial charge is 0.104 e. The van der Waals surface area contributed by atoms with Crippen molar-refractivity contribution in [2.75, 3.05) is 5.32 Å². The third kappa shape index (κ3) is 3.09. The lowest BCUT2D eigenvalue weighted by atomic mass is 10.1. The molecule has 2 rings (SSSR count). The molecule has 0 fully saturated rings. The van der Waals surface area contributed by atoms with Gasteiger partial charge in [0.05, 0.1) is 0 Å². The third-order valence-corrected chi connectivity index (χ3v) is 3.98. The summed E-state index contributed by atoms with van der Waals surface area (Å²) in [7, 11) is 0. The maximum absolute atomic E-state index is 5.65. The Morgan fingerprint density at radius 2 is 2.06 bits per heavy atom. The first-order valence-corrected chi connectivity index (χ1v) is 6.98. The lowest BCUT2D eigenvalue weighted by Gasteiger charge is -2.09. The van der Waals surface area contributed by atoms with Gasteiger partial charge in [0.2, 0.25) is 0 Å². The van der Waals surface area contributed by atoms with Crippen molar-refractivity contribution in [2.45, 2.75) is 20.4 Å². The molecule has 0 amide bonds. The predicted molar refractivity (Wildman–Crippen MR) is 83.4 cm³/mol. The Kier molecular flexibility index (Phi) is 3.99. The van der Waals surface area contributed by atoms with Gasteiger partial charge < -0.3 is 11.1 Å². The van der Waals surface area contributed by atoms with E-state index in [-0.39, 0.29) is 0 Å². The molecule has 0 atom stereocenters. The monoisotopic (exact) mass is 276 g/mol. The molecule has 0 bridgehead atoms. The predicted octanol–water partition coefficient (Wildman–Crippen LogP) is 3.61. The Balaban J connectivity index is 2.06. The molecule has 0 aliphatic heterocycles. The number of rotatable bonds is 4. The average molecular weight is 276 g/mol. The summed E-state index contributed by atoms with van der Waals surface area (Å²) in [6, 6.07) is 10.4. The van der Waals surface area contributed by atoms with E-state index < -0.39 is 0 Å². The summed E-state index contributed by atoms with van der Waals surface area (Å²) < 4.78 is 0. The first kappa shape index (κ1) is 13.1. The van der Waals surface area contributed by atoms with Crippen LogP contribution in [0.5, 0.6) is 0 Å². The Bertz CT molecular complexity index is 573. The second-order valence-corrected chi connectivity index (χ2v) is 6.07. The molecule has 0 saturated carbocycles. The van der Waals surface area contributed by atoms with Gasteiger partial charge in [0.25, 0.3) is 0 Å². The Hall–Kier alpha value is -1.39. The van der Waals surface area contributed by atoms with Gasteiger partial charge >= 0.3 is 0 Å². The van der Waals surface area contributed by atoms with Crippen LogP contribution in [0.2, 0.25) is 0 Å². The lowest BCUT2D eigenvalue weighted by molar-refractivity contribution is 1.19. The normalized spacial score (nSPS) is 10.3. The average Bonchev–Trinajstić information content (AvgIpc) is 2.72. The number of hydrogen-bond donors (Lipinski definition) is 2. The minimum atomic E-state index is 0.452. The number of aryl methyl sites for hydroxylation is 2. The van der Waals surface area contributed by atoms with Crippen molar-refractivity contribution in [1.82, 2.24) is 0 Å². The summed E-state index contributed by atoms with van der Waals surface area (Å²) in [4.78, 5) is 3.13. The van der Waals surface area contributed by atoms with Crippen LogP contribution in [0.4, 0.5) is 5.69 Å². The van der Waals surface area contributed by atoms with E-state index in [1.54, 1.807) is 0 Å². The van der Waals surface area contributed by atoms with Crippen molar-refractivity contribution in [3.05, 3.63) is 51.2 Å². The maximum atomic E-state index is 5.65. The van der Waals surface area contributed by atoms with E-state index in [9.17, 15) is 0 Å². The van der Waals surface area contributed by atoms with Crippen LogP contribution >= 0.6 is 23.6 Å². The number of anilines is 1. The summed E-state index contributed by atoms with van der Waals surface area (Å²) in [5.74, 6) is 0. The highest BCUT2D eigenvalue weighted by Gasteiger charge is 2.03. The molecule has 0 spiro atoms. The van der Waals surface area contributed by atoms with Crippen LogP contribution in [0.3, 0.4) is 0 Å². The molecule has 4 heteroatoms. The summed E-state index contributed by atoms with van der Waals surface area (Å²) in [5, 5.41) is 3.41. The number of nitrogens with two attached hydrogens (primary N) is 1. The van der Waals surface area contributed by atoms with Crippen LogP contribution < -0.4 is 11.1 Å². The minimum absolute atomic E-state index is 0.452. The van der Waals surface area contributed by atoms with E-state index in [4.69, 9.17) is 18.0 Å². The van der Waals surface area contributed by atoms with E-state index in [2.05, 4.69) is 30.4 Å². The molecule has 0 radical (unpaired) electrons. The Labute approximate surface area is 117 Å². The van der Waals surface area contributed by atoms with Gasteiger partial charge in [-0.25, -0.2) is 0 Å². The number of thiocarbonyl (C=S) groups is 1. The fraction of sp³-hybridized carbons (Fsp3) is 0.214. The van der Waals surface area contributed by atoms with Crippen LogP contribution in [0.1, 0.15) is 20.9 Å². The van der Waals surface area contributed by atoms with Gasteiger partial charge in [0, 0.05) is 27.5 Å². The molecule has 2 nitrogen and oxygen atoms in total. The van der Waals surface area contributed by atoms with Crippen molar-refractivity contribution in [3.63, 3.8) is 0 Å². The van der Waals surface area contributed by atoms with E-state index in [0.29, 0.717) is 4.99 Å². The molecule has 94 valence electrons. The van der Waals surface area contributed by atoms with Crippen LogP contribution in [-0.2, 0) is 6.54 Å². The Morgan fingerprint density at radius 3 is 2.61 bits per heavy atom. The number of benzene rings is 1. The quantitative estimate of drug-likeness (QED) is 0.838. The van der Waals surface area contributed by atoms with Gasteiger partial charge in [-0.3, -0.25) is 0 Å². The highest BCUT2D eigenvalue weighted by molar-refractivity contribution is 7.80. The van der Waals surface area contributed by atoms with E-state index in [0.717, 1.165) is 23.4 Å². The van der Waals surface area contributed by atoms with Gasteiger partial charge in [-0.1, -0.05) is 12.2 Å². The second kappa shape index (κ2) is 5.50. The molecular formula is C14H16N2S2. The Morgan fingerprint density at radius 1 is 1.28 bits per heavy atom. The molecule has 18 heavy (non-hydrogen) atoms. The van der Waals surface area contributed by atoms with Crippen LogP contribution in [0.25, 0.3) is 0 Å². The zero-order chi connectivity index (χ0) is 13.1. The molecule has 0 unspecified atom stereocenters. The highest BCUT2D eigenvalue weighted by atomic mass is 32.1. The van der Waals surface area contributed by atoms with Crippen LogP contribution in [-0.4, -0.2) is 4.99 Å². The molecule has 0 aliphatic rings. The van der Waals surface area contributed by atoms with E-state index >= 15 is 0 Å². The zero-order valence-electron chi connectivity index (χ0n) is 10.5. The topological polar surface area (TPSA) is 38.0 Å². The largest absolute Gasteiger partial charge is 0.389 e. The molecule has 1 aromatic carbocycles. The van der Waals surface area contributed by atoms with Crippen LogP contribution in [0, 0.1) is 13.8 Å². The molecule has 1 heterocycles. The highest BCUT2D eigenvalue weighted by Crippen LogP contribution is 2.19. The van der Waals surface area contributed by atoms with Gasteiger partial charge in [0.15, 0.2) is 0 Å². The fourth-order valence-electron chi connectivity index (χ4n) is 1.82. The number of nitrogens with one attached hydrogen (secondary N) is 1. The summed E-state index contributed by atoms with van der Waals surface area (Å²) in [6.45, 7) is 4.99. The van der Waals surface area contributed by atoms with Crippen molar-refractivity contribution >= 4 is 34.2 Å². The fourth-order valence-corrected chi connectivity index (χ4v) is 2.88. The molecule has 1 aromatic heterocycles. The summed E-state index contributed by atoms with van der Waals surface area (Å²) >= 11 is 6.81. The molecule has 3 N–H and O–H groups in total. The van der Waals surface area contributed by atoms with Crippen molar-refractivity contribution in [3.8, 4) is 0 Å². The summed E-state index contributed by atoms with van der Waals surface area (Å²) in [5.41, 5.74) is 8.79. The van der Waals surface area contributed by atoms with E-state index in [1.165, 1.54) is 9.75 Å². The molecular weight excluding hydrogens is 260 g/mol. The first-order chi connectivity index (χ1) is 8.56. The van der Waals surface area contributed by atoms with Crippen molar-refractivity contribution in [2.24, 2.45) is 5.73 Å². The van der Waals surface area contributed by atoms with Gasteiger partial charge in [-0.05, 0) is 49.7 Å². The summed E-state index contributed by atoms with van der Waals surface area (Å²) in [6.07, 6.45) is 0. The van der Waals surface area contributed by atoms with E-state index in [1.807, 2.05) is 30.4 Å². The van der Waals surface area contributed by atoms with Crippen molar-refractivity contribution < 1.29 is 0 Å². The van der Waals surface area contributed by atoms with Gasteiger partial charge in [0.1, 0.15) is 4.99 Å². The standard InChI is InChI=1S/C14H16N2S2/c1-9-7-11(4-6-13(9)14(15)17)16-8-12-5-3-10(2)18-12/h3-7,16H,8H2,1-2H3,(H2,15,17). The SMILES string of the molecule is Cc1ccc(CNc2ccc(C(N)=S)c(C)c2)s1. The third-order valence-electron chi connectivity index (χ3n) is 2.75. The maximum Gasteiger partial charge on any atom is 0.104 e. The number of thiophene rings is 1. The van der Waals surface area contributed by atoms with Crippen molar-refractivity contribution in [1.29, 1.82) is 0 Å². The zero-order valence-corrected chi connectivity index (χ0v) is 12.1. The lowest BCUT2D eigenvalue weighted by Crippen LogP contribution is -2.11. The minimum Gasteiger partial charge on any atom is -0.389 e. The molecule has 0 aliphatic carbocycles. The first-order valence-electron chi connectivity index (χ1n) is 5.76.